The van der Waals surface area contributed by atoms with Crippen molar-refractivity contribution in [3.63, 3.8) is 0 Å². The fraction of sp³-hybridized carbons (Fsp3) is 0.375. The van der Waals surface area contributed by atoms with Gasteiger partial charge in [-0.1, -0.05) is 31.5 Å². The lowest BCUT2D eigenvalue weighted by atomic mass is 10.0. The van der Waals surface area contributed by atoms with E-state index in [1.807, 2.05) is 0 Å². The number of aryl methyl sites for hydroxylation is 2. The minimum absolute atomic E-state index is 0.812. The highest BCUT2D eigenvalue weighted by Gasteiger charge is 2.00. The van der Waals surface area contributed by atoms with E-state index in [1.54, 1.807) is 0 Å². The molecule has 1 heteroatoms. The van der Waals surface area contributed by atoms with Crippen LogP contribution in [0.1, 0.15) is 30.9 Å². The van der Waals surface area contributed by atoms with Crippen molar-refractivity contribution in [3.8, 4) is 5.75 Å². The largest absolute Gasteiger partial charge is 0.494 e. The summed E-state index contributed by atoms with van der Waals surface area (Å²) >= 11 is 0. The Morgan fingerprint density at radius 2 is 1.65 bits per heavy atom. The molecule has 0 aliphatic carbocycles. The average molecular weight is 228 g/mol. The summed E-state index contributed by atoms with van der Waals surface area (Å²) in [6.45, 7) is 7.29. The predicted octanol–water partition coefficient (Wildman–Crippen LogP) is 4.64. The summed E-state index contributed by atoms with van der Waals surface area (Å²) < 4.78 is 5.72. The van der Waals surface area contributed by atoms with Gasteiger partial charge in [0, 0.05) is 0 Å². The van der Waals surface area contributed by atoms with E-state index in [2.05, 4.69) is 51.1 Å². The predicted molar refractivity (Wildman–Crippen MR) is 73.8 cm³/mol. The van der Waals surface area contributed by atoms with E-state index in [4.69, 9.17) is 4.74 Å². The molecular weight excluding hydrogens is 208 g/mol. The monoisotopic (exact) mass is 228 g/mol. The minimum Gasteiger partial charge on any atom is -0.494 e. The Kier molecular flexibility index (Phi) is 3.68. The van der Waals surface area contributed by atoms with E-state index in [0.29, 0.717) is 0 Å². The molecule has 0 saturated carbocycles. The third-order valence-electron chi connectivity index (χ3n) is 3.19. The second-order valence-corrected chi connectivity index (χ2v) is 4.65. The van der Waals surface area contributed by atoms with Gasteiger partial charge in [0.05, 0.1) is 6.61 Å². The molecule has 1 nitrogen and oxygen atoms in total. The van der Waals surface area contributed by atoms with Crippen LogP contribution in [-0.2, 0) is 0 Å². The maximum absolute atomic E-state index is 5.72. The van der Waals surface area contributed by atoms with Crippen molar-refractivity contribution in [3.05, 3.63) is 41.5 Å². The molecule has 0 aliphatic rings. The average Bonchev–Trinajstić information content (AvgIpc) is 2.31. The molecule has 2 aromatic rings. The van der Waals surface area contributed by atoms with Gasteiger partial charge in [-0.25, -0.2) is 0 Å². The van der Waals surface area contributed by atoms with Gasteiger partial charge in [0.25, 0.3) is 0 Å². The third-order valence-corrected chi connectivity index (χ3v) is 3.19. The van der Waals surface area contributed by atoms with Gasteiger partial charge in [-0.15, -0.1) is 0 Å². The SMILES string of the molecule is CCCCOc1ccc2cc(C)c(C)cc2c1. The number of hydrogen-bond donors (Lipinski definition) is 0. The smallest absolute Gasteiger partial charge is 0.119 e. The molecule has 0 atom stereocenters. The molecule has 2 aromatic carbocycles. The number of rotatable bonds is 4. The first kappa shape index (κ1) is 12.0. The van der Waals surface area contributed by atoms with Crippen LogP contribution in [0.5, 0.6) is 5.75 Å². The summed E-state index contributed by atoms with van der Waals surface area (Å²) in [4.78, 5) is 0. The summed E-state index contributed by atoms with van der Waals surface area (Å²) in [5.41, 5.74) is 2.68. The summed E-state index contributed by atoms with van der Waals surface area (Å²) in [5.74, 6) is 0.981. The molecule has 0 bridgehead atoms. The maximum atomic E-state index is 5.72. The Hall–Kier alpha value is -1.50. The van der Waals surface area contributed by atoms with Crippen LogP contribution in [-0.4, -0.2) is 6.61 Å². The molecule has 0 saturated heterocycles. The molecule has 90 valence electrons. The molecule has 2 rings (SSSR count). The van der Waals surface area contributed by atoms with E-state index < -0.39 is 0 Å². The Labute approximate surface area is 103 Å². The third kappa shape index (κ3) is 2.79. The Balaban J connectivity index is 2.27. The van der Waals surface area contributed by atoms with Gasteiger partial charge in [0.15, 0.2) is 0 Å². The molecular formula is C16H20O. The molecule has 0 heterocycles. The molecule has 0 aliphatic heterocycles. The number of unbranched alkanes of at least 4 members (excludes halogenated alkanes) is 1. The quantitative estimate of drug-likeness (QED) is 0.693. The van der Waals surface area contributed by atoms with Crippen LogP contribution in [0, 0.1) is 13.8 Å². The lowest BCUT2D eigenvalue weighted by molar-refractivity contribution is 0.310. The molecule has 17 heavy (non-hydrogen) atoms. The second-order valence-electron chi connectivity index (χ2n) is 4.65. The lowest BCUT2D eigenvalue weighted by Crippen LogP contribution is -1.96. The van der Waals surface area contributed by atoms with Crippen molar-refractivity contribution in [2.45, 2.75) is 33.6 Å². The van der Waals surface area contributed by atoms with Gasteiger partial charge in [-0.2, -0.15) is 0 Å². The van der Waals surface area contributed by atoms with Crippen LogP contribution in [0.3, 0.4) is 0 Å². The Morgan fingerprint density at radius 3 is 2.35 bits per heavy atom. The molecule has 0 aromatic heterocycles. The standard InChI is InChI=1S/C16H20O/c1-4-5-8-17-16-7-6-14-9-12(2)13(3)10-15(14)11-16/h6-7,9-11H,4-5,8H2,1-3H3. The summed E-state index contributed by atoms with van der Waals surface area (Å²) in [5, 5.41) is 2.55. The van der Waals surface area contributed by atoms with Gasteiger partial charge >= 0.3 is 0 Å². The fourth-order valence-corrected chi connectivity index (χ4v) is 1.93. The zero-order valence-electron chi connectivity index (χ0n) is 10.9. The van der Waals surface area contributed by atoms with Crippen LogP contribution in [0.15, 0.2) is 30.3 Å². The highest BCUT2D eigenvalue weighted by atomic mass is 16.5. The summed E-state index contributed by atoms with van der Waals surface area (Å²) in [7, 11) is 0. The summed E-state index contributed by atoms with van der Waals surface area (Å²) in [6, 6.07) is 10.8. The van der Waals surface area contributed by atoms with Crippen molar-refractivity contribution in [1.29, 1.82) is 0 Å². The fourth-order valence-electron chi connectivity index (χ4n) is 1.93. The number of ether oxygens (including phenoxy) is 1. The molecule has 0 N–H and O–H groups in total. The van der Waals surface area contributed by atoms with Crippen LogP contribution in [0.25, 0.3) is 10.8 Å². The van der Waals surface area contributed by atoms with Crippen LogP contribution < -0.4 is 4.74 Å². The van der Waals surface area contributed by atoms with E-state index >= 15 is 0 Å². The van der Waals surface area contributed by atoms with Crippen LogP contribution >= 0.6 is 0 Å². The van der Waals surface area contributed by atoms with Gasteiger partial charge in [0.2, 0.25) is 0 Å². The zero-order chi connectivity index (χ0) is 12.3. The molecule has 0 amide bonds. The zero-order valence-corrected chi connectivity index (χ0v) is 10.9. The van der Waals surface area contributed by atoms with Gasteiger partial charge < -0.3 is 4.74 Å². The van der Waals surface area contributed by atoms with E-state index in [1.165, 1.54) is 28.3 Å². The number of benzene rings is 2. The first-order valence-corrected chi connectivity index (χ1v) is 6.34. The second kappa shape index (κ2) is 5.22. The van der Waals surface area contributed by atoms with Gasteiger partial charge in [0.1, 0.15) is 5.75 Å². The summed E-state index contributed by atoms with van der Waals surface area (Å²) in [6.07, 6.45) is 2.29. The van der Waals surface area contributed by atoms with Gasteiger partial charge in [-0.3, -0.25) is 0 Å². The molecule has 0 fully saturated rings. The van der Waals surface area contributed by atoms with E-state index in [-0.39, 0.29) is 0 Å². The van der Waals surface area contributed by atoms with Crippen LogP contribution in [0.2, 0.25) is 0 Å². The maximum Gasteiger partial charge on any atom is 0.119 e. The molecule has 0 radical (unpaired) electrons. The molecule has 0 unspecified atom stereocenters. The minimum atomic E-state index is 0.812. The van der Waals surface area contributed by atoms with Crippen molar-refractivity contribution in [2.75, 3.05) is 6.61 Å². The molecule has 0 spiro atoms. The van der Waals surface area contributed by atoms with E-state index in [0.717, 1.165) is 18.8 Å². The first-order chi connectivity index (χ1) is 8.20. The topological polar surface area (TPSA) is 9.23 Å². The van der Waals surface area contributed by atoms with Crippen molar-refractivity contribution < 1.29 is 4.74 Å². The first-order valence-electron chi connectivity index (χ1n) is 6.34. The van der Waals surface area contributed by atoms with E-state index in [9.17, 15) is 0 Å². The number of fused-ring (bicyclic) bond motifs is 1. The van der Waals surface area contributed by atoms with Crippen molar-refractivity contribution in [1.82, 2.24) is 0 Å². The Morgan fingerprint density at radius 1 is 0.941 bits per heavy atom. The Bertz CT molecular complexity index is 514. The highest BCUT2D eigenvalue weighted by molar-refractivity contribution is 5.85. The lowest BCUT2D eigenvalue weighted by Gasteiger charge is -2.08. The van der Waals surface area contributed by atoms with Gasteiger partial charge in [-0.05, 0) is 54.3 Å². The number of hydrogen-bond acceptors (Lipinski definition) is 1. The van der Waals surface area contributed by atoms with Crippen molar-refractivity contribution in [2.24, 2.45) is 0 Å². The highest BCUT2D eigenvalue weighted by Crippen LogP contribution is 2.24. The van der Waals surface area contributed by atoms with Crippen molar-refractivity contribution >= 4 is 10.8 Å². The normalized spacial score (nSPS) is 10.8. The van der Waals surface area contributed by atoms with Crippen LogP contribution in [0.4, 0.5) is 0 Å².